The summed E-state index contributed by atoms with van der Waals surface area (Å²) in [6.07, 6.45) is 54.4. The predicted molar refractivity (Wildman–Crippen MR) is 275 cm³/mol. The van der Waals surface area contributed by atoms with E-state index in [0.717, 1.165) is 51.4 Å². The van der Waals surface area contributed by atoms with Crippen LogP contribution in [0.3, 0.4) is 0 Å². The number of rotatable bonds is 48. The zero-order valence-electron chi connectivity index (χ0n) is 42.7. The second kappa shape index (κ2) is 48.2. The number of aliphatic hydroxyl groups is 4. The van der Waals surface area contributed by atoms with Gasteiger partial charge in [0, 0.05) is 13.0 Å². The van der Waals surface area contributed by atoms with Crippen LogP contribution < -0.4 is 0 Å². The number of hydrogen-bond acceptors (Lipinski definition) is 9. The molecule has 9 heteroatoms. The molecule has 1 heterocycles. The van der Waals surface area contributed by atoms with E-state index in [1.807, 2.05) is 0 Å². The van der Waals surface area contributed by atoms with Crippen LogP contribution in [0.4, 0.5) is 0 Å². The number of carbonyl (C=O) groups excluding carboxylic acids is 1. The number of esters is 1. The van der Waals surface area contributed by atoms with E-state index < -0.39 is 43.4 Å². The molecule has 0 bridgehead atoms. The second-order valence-corrected chi connectivity index (χ2v) is 19.0. The molecule has 0 spiro atoms. The van der Waals surface area contributed by atoms with Crippen molar-refractivity contribution in [2.45, 2.75) is 282 Å². The van der Waals surface area contributed by atoms with E-state index >= 15 is 0 Å². The number of carbonyl (C=O) groups is 1. The van der Waals surface area contributed by atoms with Crippen molar-refractivity contribution in [1.82, 2.24) is 0 Å². The second-order valence-electron chi connectivity index (χ2n) is 19.0. The van der Waals surface area contributed by atoms with Crippen molar-refractivity contribution < 1.29 is 44.2 Å². The molecule has 0 aromatic rings. The van der Waals surface area contributed by atoms with Crippen molar-refractivity contribution in [3.63, 3.8) is 0 Å². The predicted octanol–water partition coefficient (Wildman–Crippen LogP) is 14.0. The number of allylic oxidation sites excluding steroid dienone is 8. The zero-order valence-corrected chi connectivity index (χ0v) is 42.7. The Balaban J connectivity index is 2.15. The van der Waals surface area contributed by atoms with Crippen LogP contribution >= 0.6 is 0 Å². The molecule has 6 atom stereocenters. The molecule has 1 saturated heterocycles. The van der Waals surface area contributed by atoms with Gasteiger partial charge >= 0.3 is 5.97 Å². The highest BCUT2D eigenvalue weighted by Crippen LogP contribution is 2.23. The minimum absolute atomic E-state index is 0.116. The SMILES string of the molecule is CCCCC/C=C\C/C=C\CCCCCCCCCC(=O)OC(COCCCCCCCCCCCCCCCC/C=C\C/C=C\CCCCCCC)COC1OC(CO)C(O)C(O)C1O. The fourth-order valence-corrected chi connectivity index (χ4v) is 8.38. The molecule has 4 N–H and O–H groups in total. The van der Waals surface area contributed by atoms with Crippen molar-refractivity contribution in [1.29, 1.82) is 0 Å². The third kappa shape index (κ3) is 38.1. The van der Waals surface area contributed by atoms with Crippen LogP contribution in [0.2, 0.25) is 0 Å². The van der Waals surface area contributed by atoms with Crippen molar-refractivity contribution in [3.05, 3.63) is 48.6 Å². The van der Waals surface area contributed by atoms with Crippen LogP contribution in [-0.4, -0.2) is 89.6 Å². The number of unbranched alkanes of at least 4 members (excludes halogenated alkanes) is 29. The van der Waals surface area contributed by atoms with Crippen molar-refractivity contribution in [2.24, 2.45) is 0 Å². The average Bonchev–Trinajstić information content (AvgIpc) is 3.32. The average molecular weight is 933 g/mol. The molecule has 1 rings (SSSR count). The first kappa shape index (κ1) is 62.2. The molecule has 1 aliphatic rings. The Hall–Kier alpha value is -1.85. The minimum atomic E-state index is -1.54. The Kier molecular flexibility index (Phi) is 45.4. The molecule has 9 nitrogen and oxygen atoms in total. The molecule has 0 radical (unpaired) electrons. The monoisotopic (exact) mass is 933 g/mol. The Morgan fingerprint density at radius 2 is 0.879 bits per heavy atom. The van der Waals surface area contributed by atoms with Gasteiger partial charge < -0.3 is 39.4 Å². The number of ether oxygens (including phenoxy) is 4. The first-order chi connectivity index (χ1) is 32.4. The van der Waals surface area contributed by atoms with Gasteiger partial charge in [-0.3, -0.25) is 4.79 Å². The molecular formula is C57H104O9. The molecule has 0 amide bonds. The smallest absolute Gasteiger partial charge is 0.306 e. The topological polar surface area (TPSA) is 135 Å². The summed E-state index contributed by atoms with van der Waals surface area (Å²) in [5, 5.41) is 40.3. The third-order valence-electron chi connectivity index (χ3n) is 12.7. The summed E-state index contributed by atoms with van der Waals surface area (Å²) >= 11 is 0. The van der Waals surface area contributed by atoms with E-state index in [1.165, 1.54) is 173 Å². The minimum Gasteiger partial charge on any atom is -0.457 e. The maximum atomic E-state index is 12.8. The van der Waals surface area contributed by atoms with Crippen molar-refractivity contribution >= 4 is 5.97 Å². The van der Waals surface area contributed by atoms with Gasteiger partial charge in [0.05, 0.1) is 19.8 Å². The molecular weight excluding hydrogens is 829 g/mol. The van der Waals surface area contributed by atoms with Crippen LogP contribution in [0.5, 0.6) is 0 Å². The lowest BCUT2D eigenvalue weighted by Crippen LogP contribution is -2.59. The van der Waals surface area contributed by atoms with E-state index in [4.69, 9.17) is 18.9 Å². The van der Waals surface area contributed by atoms with Gasteiger partial charge in [-0.1, -0.05) is 210 Å². The summed E-state index contributed by atoms with van der Waals surface area (Å²) in [5.41, 5.74) is 0. The quantitative estimate of drug-likeness (QED) is 0.0267. The van der Waals surface area contributed by atoms with Gasteiger partial charge in [-0.05, 0) is 77.0 Å². The molecule has 0 aliphatic carbocycles. The zero-order chi connectivity index (χ0) is 47.8. The van der Waals surface area contributed by atoms with Crippen LogP contribution in [0.1, 0.15) is 245 Å². The van der Waals surface area contributed by atoms with E-state index in [2.05, 4.69) is 62.5 Å². The molecule has 0 saturated carbocycles. The molecule has 1 aliphatic heterocycles. The highest BCUT2D eigenvalue weighted by atomic mass is 16.7. The molecule has 386 valence electrons. The molecule has 0 aromatic heterocycles. The summed E-state index contributed by atoms with van der Waals surface area (Å²) in [4.78, 5) is 12.8. The van der Waals surface area contributed by atoms with Crippen LogP contribution in [0, 0.1) is 0 Å². The Labute approximate surface area is 405 Å². The van der Waals surface area contributed by atoms with Gasteiger partial charge in [0.25, 0.3) is 0 Å². The van der Waals surface area contributed by atoms with Gasteiger partial charge in [-0.15, -0.1) is 0 Å². The fourth-order valence-electron chi connectivity index (χ4n) is 8.38. The first-order valence-electron chi connectivity index (χ1n) is 27.7. The van der Waals surface area contributed by atoms with Gasteiger partial charge in [0.1, 0.15) is 30.5 Å². The van der Waals surface area contributed by atoms with Gasteiger partial charge in [-0.25, -0.2) is 0 Å². The summed E-state index contributed by atoms with van der Waals surface area (Å²) in [6.45, 7) is 4.54. The number of aliphatic hydroxyl groups excluding tert-OH is 4. The first-order valence-corrected chi connectivity index (χ1v) is 27.7. The van der Waals surface area contributed by atoms with Crippen LogP contribution in [0.25, 0.3) is 0 Å². The number of hydrogen-bond donors (Lipinski definition) is 4. The lowest BCUT2D eigenvalue weighted by atomic mass is 9.99. The normalized spacial score (nSPS) is 19.6. The highest BCUT2D eigenvalue weighted by Gasteiger charge is 2.44. The molecule has 1 fully saturated rings. The molecule has 66 heavy (non-hydrogen) atoms. The van der Waals surface area contributed by atoms with E-state index in [9.17, 15) is 25.2 Å². The maximum Gasteiger partial charge on any atom is 0.306 e. The van der Waals surface area contributed by atoms with Crippen molar-refractivity contribution in [2.75, 3.05) is 26.4 Å². The fraction of sp³-hybridized carbons (Fsp3) is 0.842. The Bertz CT molecular complexity index is 1150. The maximum absolute atomic E-state index is 12.8. The van der Waals surface area contributed by atoms with Crippen molar-refractivity contribution in [3.8, 4) is 0 Å². The van der Waals surface area contributed by atoms with E-state index in [1.54, 1.807) is 0 Å². The van der Waals surface area contributed by atoms with Crippen LogP contribution in [0.15, 0.2) is 48.6 Å². The standard InChI is InChI=1S/C57H104O9/c1-3-5-7-9-11-13-15-17-19-21-22-23-24-25-26-27-28-29-31-33-35-37-39-41-43-45-47-63-49-51(50-64-57-56(62)55(61)54(60)52(48-58)66-57)65-53(59)46-44-42-40-38-36-34-32-30-20-18-16-14-12-10-8-6-4-2/h12,14-15,17-18,20-22,51-52,54-58,60-62H,3-11,13,16,19,23-50H2,1-2H3/b14-12-,17-15-,20-18-,22-21-. The summed E-state index contributed by atoms with van der Waals surface area (Å²) in [6, 6.07) is 0. The lowest BCUT2D eigenvalue weighted by molar-refractivity contribution is -0.305. The summed E-state index contributed by atoms with van der Waals surface area (Å²) < 4.78 is 22.9. The largest absolute Gasteiger partial charge is 0.457 e. The van der Waals surface area contributed by atoms with Gasteiger partial charge in [-0.2, -0.15) is 0 Å². The lowest BCUT2D eigenvalue weighted by Gasteiger charge is -2.39. The molecule has 6 unspecified atom stereocenters. The van der Waals surface area contributed by atoms with E-state index in [0.29, 0.717) is 13.0 Å². The van der Waals surface area contributed by atoms with E-state index in [-0.39, 0.29) is 19.2 Å². The summed E-state index contributed by atoms with van der Waals surface area (Å²) in [7, 11) is 0. The van der Waals surface area contributed by atoms with Gasteiger partial charge in [0.15, 0.2) is 6.29 Å². The van der Waals surface area contributed by atoms with Crippen LogP contribution in [-0.2, 0) is 23.7 Å². The van der Waals surface area contributed by atoms with Gasteiger partial charge in [0.2, 0.25) is 0 Å². The Morgan fingerprint density at radius 3 is 1.33 bits per heavy atom. The highest BCUT2D eigenvalue weighted by molar-refractivity contribution is 5.69. The molecule has 0 aromatic carbocycles. The Morgan fingerprint density at radius 1 is 0.485 bits per heavy atom. The third-order valence-corrected chi connectivity index (χ3v) is 12.7. The summed E-state index contributed by atoms with van der Waals surface area (Å²) in [5.74, 6) is -0.319.